The van der Waals surface area contributed by atoms with Crippen molar-refractivity contribution in [3.8, 4) is 11.3 Å². The highest BCUT2D eigenvalue weighted by atomic mass is 15.0. The van der Waals surface area contributed by atoms with Crippen LogP contribution in [0.4, 0.5) is 0 Å². The molecule has 1 aliphatic rings. The zero-order valence-electron chi connectivity index (χ0n) is 10.6. The summed E-state index contributed by atoms with van der Waals surface area (Å²) in [4.78, 5) is 4.81. The topological polar surface area (TPSA) is 43.3 Å². The maximum atomic E-state index is 5.70. The highest BCUT2D eigenvalue weighted by Gasteiger charge is 2.20. The van der Waals surface area contributed by atoms with Crippen molar-refractivity contribution in [3.05, 3.63) is 59.4 Å². The summed E-state index contributed by atoms with van der Waals surface area (Å²) in [7, 11) is 0. The van der Waals surface area contributed by atoms with E-state index in [2.05, 4.69) is 47.0 Å². The fourth-order valence-corrected chi connectivity index (χ4v) is 2.94. The Morgan fingerprint density at radius 1 is 1.16 bits per heavy atom. The van der Waals surface area contributed by atoms with Gasteiger partial charge in [-0.3, -0.25) is 0 Å². The van der Waals surface area contributed by atoms with Gasteiger partial charge in [-0.2, -0.15) is 0 Å². The highest BCUT2D eigenvalue weighted by molar-refractivity contribution is 5.72. The fourth-order valence-electron chi connectivity index (χ4n) is 2.94. The number of aromatic nitrogens is 2. The fraction of sp³-hybridized carbons (Fsp3) is 0.188. The molecule has 0 spiro atoms. The smallest absolute Gasteiger partial charge is 0.137 e. The monoisotopic (exact) mass is 249 g/mol. The average molecular weight is 249 g/mol. The van der Waals surface area contributed by atoms with Crippen LogP contribution in [0, 0.1) is 0 Å². The first-order valence-corrected chi connectivity index (χ1v) is 6.65. The number of aryl methyl sites for hydroxylation is 2. The van der Waals surface area contributed by atoms with Gasteiger partial charge >= 0.3 is 0 Å². The molecule has 0 aliphatic heterocycles. The standard InChI is InChI=1S/C16H15N3/c17-10-11-7-8-19-14-6-5-12-3-1-2-4-13(12)16(14)18-15(19)9-11/h1-4,7-9H,5-6,10,17H2. The van der Waals surface area contributed by atoms with Crippen molar-refractivity contribution in [3.63, 3.8) is 0 Å². The van der Waals surface area contributed by atoms with E-state index >= 15 is 0 Å². The number of nitrogens with zero attached hydrogens (tertiary/aromatic N) is 2. The second kappa shape index (κ2) is 3.93. The van der Waals surface area contributed by atoms with Crippen LogP contribution in [-0.2, 0) is 19.4 Å². The summed E-state index contributed by atoms with van der Waals surface area (Å²) in [6, 6.07) is 12.7. The Balaban J connectivity index is 2.01. The van der Waals surface area contributed by atoms with E-state index in [1.54, 1.807) is 0 Å². The molecule has 0 saturated heterocycles. The molecule has 2 N–H and O–H groups in total. The van der Waals surface area contributed by atoms with Crippen molar-refractivity contribution in [2.45, 2.75) is 19.4 Å². The van der Waals surface area contributed by atoms with Gasteiger partial charge in [-0.25, -0.2) is 4.98 Å². The Morgan fingerprint density at radius 3 is 2.95 bits per heavy atom. The van der Waals surface area contributed by atoms with Crippen LogP contribution in [0.5, 0.6) is 0 Å². The summed E-state index contributed by atoms with van der Waals surface area (Å²) in [5.74, 6) is 0. The third-order valence-electron chi connectivity index (χ3n) is 3.93. The molecule has 19 heavy (non-hydrogen) atoms. The van der Waals surface area contributed by atoms with Gasteiger partial charge in [-0.15, -0.1) is 0 Å². The zero-order valence-corrected chi connectivity index (χ0v) is 10.6. The molecule has 1 aromatic carbocycles. The SMILES string of the molecule is NCc1ccn2c3c(nc2c1)-c1ccccc1CC3. The quantitative estimate of drug-likeness (QED) is 0.720. The molecular formula is C16H15N3. The van der Waals surface area contributed by atoms with E-state index in [0.29, 0.717) is 6.54 Å². The Bertz CT molecular complexity index is 771. The van der Waals surface area contributed by atoms with E-state index in [4.69, 9.17) is 10.7 Å². The highest BCUT2D eigenvalue weighted by Crippen LogP contribution is 2.33. The minimum atomic E-state index is 0.560. The Hall–Kier alpha value is -2.13. The van der Waals surface area contributed by atoms with Gasteiger partial charge in [-0.05, 0) is 36.1 Å². The molecule has 0 atom stereocenters. The number of rotatable bonds is 1. The van der Waals surface area contributed by atoms with Crippen LogP contribution in [0.2, 0.25) is 0 Å². The van der Waals surface area contributed by atoms with Crippen LogP contribution in [0.3, 0.4) is 0 Å². The summed E-state index contributed by atoms with van der Waals surface area (Å²) in [6.07, 6.45) is 4.24. The largest absolute Gasteiger partial charge is 0.326 e. The van der Waals surface area contributed by atoms with Gasteiger partial charge in [0.1, 0.15) is 5.65 Å². The normalized spacial score (nSPS) is 13.3. The number of benzene rings is 1. The second-order valence-electron chi connectivity index (χ2n) is 5.03. The van der Waals surface area contributed by atoms with Gasteiger partial charge in [-0.1, -0.05) is 24.3 Å². The second-order valence-corrected chi connectivity index (χ2v) is 5.03. The lowest BCUT2D eigenvalue weighted by Gasteiger charge is -2.15. The maximum absolute atomic E-state index is 5.70. The summed E-state index contributed by atoms with van der Waals surface area (Å²) in [6.45, 7) is 0.560. The van der Waals surface area contributed by atoms with E-state index in [9.17, 15) is 0 Å². The van der Waals surface area contributed by atoms with Crippen LogP contribution in [-0.4, -0.2) is 9.38 Å². The van der Waals surface area contributed by atoms with E-state index in [0.717, 1.165) is 29.7 Å². The minimum absolute atomic E-state index is 0.560. The predicted octanol–water partition coefficient (Wildman–Crippen LogP) is 2.56. The lowest BCUT2D eigenvalue weighted by molar-refractivity contribution is 0.879. The molecular weight excluding hydrogens is 234 g/mol. The molecule has 0 fully saturated rings. The van der Waals surface area contributed by atoms with Crippen LogP contribution >= 0.6 is 0 Å². The van der Waals surface area contributed by atoms with Crippen LogP contribution < -0.4 is 5.73 Å². The van der Waals surface area contributed by atoms with Gasteiger partial charge in [0.15, 0.2) is 0 Å². The number of pyridine rings is 1. The minimum Gasteiger partial charge on any atom is -0.326 e. The first kappa shape index (κ1) is 10.8. The van der Waals surface area contributed by atoms with Gasteiger partial charge < -0.3 is 10.1 Å². The molecule has 0 amide bonds. The van der Waals surface area contributed by atoms with E-state index in [-0.39, 0.29) is 0 Å². The van der Waals surface area contributed by atoms with Gasteiger partial charge in [0.25, 0.3) is 0 Å². The van der Waals surface area contributed by atoms with Gasteiger partial charge in [0, 0.05) is 18.3 Å². The number of imidazole rings is 1. The summed E-state index contributed by atoms with van der Waals surface area (Å²) < 4.78 is 2.20. The van der Waals surface area contributed by atoms with Crippen LogP contribution in [0.25, 0.3) is 16.9 Å². The van der Waals surface area contributed by atoms with Crippen LogP contribution in [0.15, 0.2) is 42.6 Å². The Labute approximate surface area is 111 Å². The molecule has 4 rings (SSSR count). The molecule has 0 unspecified atom stereocenters. The Morgan fingerprint density at radius 2 is 2.05 bits per heavy atom. The molecule has 0 radical (unpaired) electrons. The lowest BCUT2D eigenvalue weighted by Crippen LogP contribution is -2.05. The lowest BCUT2D eigenvalue weighted by atomic mass is 9.92. The van der Waals surface area contributed by atoms with E-state index in [1.165, 1.54) is 16.8 Å². The van der Waals surface area contributed by atoms with E-state index < -0.39 is 0 Å². The van der Waals surface area contributed by atoms with Gasteiger partial charge in [0.05, 0.1) is 11.4 Å². The first-order valence-electron chi connectivity index (χ1n) is 6.65. The third kappa shape index (κ3) is 1.52. The van der Waals surface area contributed by atoms with E-state index in [1.807, 2.05) is 0 Å². The average Bonchev–Trinajstić information content (AvgIpc) is 2.85. The molecule has 3 nitrogen and oxygen atoms in total. The van der Waals surface area contributed by atoms with Gasteiger partial charge in [0.2, 0.25) is 0 Å². The van der Waals surface area contributed by atoms with Crippen molar-refractivity contribution in [1.29, 1.82) is 0 Å². The number of fused-ring (bicyclic) bond motifs is 5. The molecule has 3 heteroatoms. The third-order valence-corrected chi connectivity index (χ3v) is 3.93. The maximum Gasteiger partial charge on any atom is 0.137 e. The van der Waals surface area contributed by atoms with Crippen molar-refractivity contribution >= 4 is 5.65 Å². The zero-order chi connectivity index (χ0) is 12.8. The number of hydrogen-bond acceptors (Lipinski definition) is 2. The molecule has 94 valence electrons. The first-order chi connectivity index (χ1) is 9.36. The summed E-state index contributed by atoms with van der Waals surface area (Å²) >= 11 is 0. The molecule has 2 aromatic heterocycles. The van der Waals surface area contributed by atoms with Crippen molar-refractivity contribution in [2.75, 3.05) is 0 Å². The van der Waals surface area contributed by atoms with Crippen LogP contribution in [0.1, 0.15) is 16.8 Å². The van der Waals surface area contributed by atoms with Crippen molar-refractivity contribution < 1.29 is 0 Å². The van der Waals surface area contributed by atoms with Crippen molar-refractivity contribution in [1.82, 2.24) is 9.38 Å². The molecule has 0 bridgehead atoms. The molecule has 3 aromatic rings. The molecule has 0 saturated carbocycles. The molecule has 2 heterocycles. The predicted molar refractivity (Wildman–Crippen MR) is 75.9 cm³/mol. The summed E-state index contributed by atoms with van der Waals surface area (Å²) in [5.41, 5.74) is 13.0. The van der Waals surface area contributed by atoms with Crippen molar-refractivity contribution in [2.24, 2.45) is 5.73 Å². The number of hydrogen-bond donors (Lipinski definition) is 1. The number of nitrogens with two attached hydrogens (primary N) is 1. The Kier molecular flexibility index (Phi) is 2.23. The summed E-state index contributed by atoms with van der Waals surface area (Å²) in [5, 5.41) is 0. The molecule has 1 aliphatic carbocycles.